The molecule has 0 saturated carbocycles. The van der Waals surface area contributed by atoms with Gasteiger partial charge in [0.15, 0.2) is 0 Å². The van der Waals surface area contributed by atoms with Crippen LogP contribution in [0.5, 0.6) is 0 Å². The van der Waals surface area contributed by atoms with Crippen molar-refractivity contribution in [1.82, 2.24) is 10.2 Å². The highest BCUT2D eigenvalue weighted by molar-refractivity contribution is 6.31. The lowest BCUT2D eigenvalue weighted by Crippen LogP contribution is -2.16. The minimum absolute atomic E-state index is 0.245. The first-order chi connectivity index (χ1) is 13.1. The van der Waals surface area contributed by atoms with Crippen LogP contribution in [-0.4, -0.2) is 16.1 Å². The molecule has 1 amide bonds. The predicted molar refractivity (Wildman–Crippen MR) is 109 cm³/mol. The molecule has 0 unspecified atom stereocenters. The summed E-state index contributed by atoms with van der Waals surface area (Å²) in [6.45, 7) is 1.92. The number of nitrogens with one attached hydrogen (secondary N) is 1. The number of hydrogen-bond donors (Lipinski definition) is 1. The van der Waals surface area contributed by atoms with Crippen LogP contribution in [-0.2, 0) is 0 Å². The average Bonchev–Trinajstić information content (AvgIpc) is 2.70. The number of carbonyl (C=O) groups excluding carboxylic acids is 1. The number of fused-ring (bicyclic) bond motifs is 1. The zero-order chi connectivity index (χ0) is 18.8. The summed E-state index contributed by atoms with van der Waals surface area (Å²) < 4.78 is 0. The molecule has 1 aromatic heterocycles. The van der Waals surface area contributed by atoms with Crippen molar-refractivity contribution in [3.8, 4) is 11.3 Å². The maximum Gasteiger partial charge on any atom is 0.258 e. The lowest BCUT2D eigenvalue weighted by molar-refractivity contribution is 0.102. The molecule has 0 bridgehead atoms. The largest absolute Gasteiger partial charge is 0.322 e. The first kappa shape index (κ1) is 17.2. The third-order valence-electron chi connectivity index (χ3n) is 4.39. The van der Waals surface area contributed by atoms with Gasteiger partial charge in [0.1, 0.15) is 5.69 Å². The van der Waals surface area contributed by atoms with Gasteiger partial charge in [-0.25, -0.2) is 0 Å². The molecule has 4 rings (SSSR count). The van der Waals surface area contributed by atoms with Crippen molar-refractivity contribution in [2.45, 2.75) is 6.92 Å². The van der Waals surface area contributed by atoms with Gasteiger partial charge in [-0.2, -0.15) is 0 Å². The summed E-state index contributed by atoms with van der Waals surface area (Å²) in [4.78, 5) is 13.3. The summed E-state index contributed by atoms with van der Waals surface area (Å²) in [5.41, 5.74) is 4.15. The minimum Gasteiger partial charge on any atom is -0.322 e. The number of anilines is 1. The highest BCUT2D eigenvalue weighted by atomic mass is 35.5. The molecule has 0 radical (unpaired) electrons. The van der Waals surface area contributed by atoms with Gasteiger partial charge in [-0.1, -0.05) is 66.2 Å². The van der Waals surface area contributed by atoms with Crippen LogP contribution in [0.25, 0.3) is 22.2 Å². The molecule has 1 heterocycles. The molecular formula is C22H16ClN3O. The molecular weight excluding hydrogens is 358 g/mol. The van der Waals surface area contributed by atoms with Crippen molar-refractivity contribution in [2.24, 2.45) is 0 Å². The highest BCUT2D eigenvalue weighted by Crippen LogP contribution is 2.28. The van der Waals surface area contributed by atoms with Crippen molar-refractivity contribution in [3.63, 3.8) is 0 Å². The van der Waals surface area contributed by atoms with Crippen molar-refractivity contribution >= 4 is 34.1 Å². The Morgan fingerprint density at radius 1 is 0.926 bits per heavy atom. The number of aryl methyl sites for hydroxylation is 1. The van der Waals surface area contributed by atoms with Gasteiger partial charge in [-0.05, 0) is 30.7 Å². The van der Waals surface area contributed by atoms with Gasteiger partial charge in [0.2, 0.25) is 0 Å². The molecule has 0 aliphatic carbocycles. The fraction of sp³-hybridized carbons (Fsp3) is 0.0455. The molecule has 4 aromatic rings. The van der Waals surface area contributed by atoms with Crippen LogP contribution >= 0.6 is 11.6 Å². The van der Waals surface area contributed by atoms with E-state index in [1.54, 1.807) is 12.1 Å². The molecule has 5 heteroatoms. The van der Waals surface area contributed by atoms with E-state index < -0.39 is 0 Å². The normalized spacial score (nSPS) is 10.7. The summed E-state index contributed by atoms with van der Waals surface area (Å²) in [6.07, 6.45) is 0. The Morgan fingerprint density at radius 2 is 1.67 bits per heavy atom. The molecule has 1 N–H and O–H groups in total. The molecule has 27 heavy (non-hydrogen) atoms. The van der Waals surface area contributed by atoms with Crippen LogP contribution in [0.15, 0.2) is 72.8 Å². The molecule has 4 nitrogen and oxygen atoms in total. The Balaban J connectivity index is 1.88. The highest BCUT2D eigenvalue weighted by Gasteiger charge is 2.20. The lowest BCUT2D eigenvalue weighted by Gasteiger charge is -2.13. The topological polar surface area (TPSA) is 54.9 Å². The monoisotopic (exact) mass is 373 g/mol. The number of aromatic nitrogens is 2. The van der Waals surface area contributed by atoms with E-state index in [1.807, 2.05) is 67.6 Å². The first-order valence-corrected chi connectivity index (χ1v) is 8.89. The van der Waals surface area contributed by atoms with E-state index in [0.29, 0.717) is 27.5 Å². The van der Waals surface area contributed by atoms with Gasteiger partial charge >= 0.3 is 0 Å². The second-order valence-corrected chi connectivity index (χ2v) is 6.66. The van der Waals surface area contributed by atoms with Crippen molar-refractivity contribution in [2.75, 3.05) is 5.32 Å². The number of halogens is 1. The van der Waals surface area contributed by atoms with E-state index in [2.05, 4.69) is 15.5 Å². The summed E-state index contributed by atoms with van der Waals surface area (Å²) in [5, 5.41) is 12.9. The minimum atomic E-state index is -0.245. The molecule has 0 spiro atoms. The Kier molecular flexibility index (Phi) is 4.57. The molecule has 0 atom stereocenters. The summed E-state index contributed by atoms with van der Waals surface area (Å²) in [6, 6.07) is 22.5. The fourth-order valence-corrected chi connectivity index (χ4v) is 3.17. The Morgan fingerprint density at radius 3 is 2.48 bits per heavy atom. The van der Waals surface area contributed by atoms with Gasteiger partial charge < -0.3 is 5.32 Å². The van der Waals surface area contributed by atoms with Gasteiger partial charge in [0, 0.05) is 21.7 Å². The second kappa shape index (κ2) is 7.17. The fourth-order valence-electron chi connectivity index (χ4n) is 3.00. The van der Waals surface area contributed by atoms with Crippen LogP contribution in [0.3, 0.4) is 0 Å². The Hall–Kier alpha value is -3.24. The van der Waals surface area contributed by atoms with Crippen molar-refractivity contribution in [1.29, 1.82) is 0 Å². The number of amides is 1. The maximum absolute atomic E-state index is 13.3. The summed E-state index contributed by atoms with van der Waals surface area (Å²) in [7, 11) is 0. The van der Waals surface area contributed by atoms with Crippen LogP contribution in [0, 0.1) is 6.92 Å². The van der Waals surface area contributed by atoms with Crippen molar-refractivity contribution < 1.29 is 4.79 Å². The summed E-state index contributed by atoms with van der Waals surface area (Å²) >= 11 is 6.09. The van der Waals surface area contributed by atoms with E-state index in [-0.39, 0.29) is 5.91 Å². The number of nitrogens with zero attached hydrogens (tertiary/aromatic N) is 2. The van der Waals surface area contributed by atoms with E-state index in [0.717, 1.165) is 16.5 Å². The third-order valence-corrected chi connectivity index (χ3v) is 4.63. The molecule has 132 valence electrons. The quantitative estimate of drug-likeness (QED) is 0.515. The number of rotatable bonds is 3. The predicted octanol–water partition coefficient (Wildman–Crippen LogP) is 5.51. The van der Waals surface area contributed by atoms with Gasteiger partial charge in [0.05, 0.1) is 11.1 Å². The van der Waals surface area contributed by atoms with Crippen LogP contribution in [0.2, 0.25) is 5.02 Å². The molecule has 0 aliphatic rings. The summed E-state index contributed by atoms with van der Waals surface area (Å²) in [5.74, 6) is -0.245. The van der Waals surface area contributed by atoms with E-state index >= 15 is 0 Å². The Bertz CT molecular complexity index is 1140. The number of hydrogen-bond acceptors (Lipinski definition) is 3. The molecule has 3 aromatic carbocycles. The standard InChI is InChI=1S/C22H16ClN3O/c1-14-11-12-16(23)13-19(14)24-22(27)20-17-9-5-6-10-18(17)25-26-21(20)15-7-3-2-4-8-15/h2-13H,1H3,(H,24,27). The number of carbonyl (C=O) groups is 1. The number of benzene rings is 3. The van der Waals surface area contributed by atoms with Gasteiger partial charge in [-0.15, -0.1) is 10.2 Å². The Labute approximate surface area is 161 Å². The van der Waals surface area contributed by atoms with E-state index in [9.17, 15) is 4.79 Å². The zero-order valence-electron chi connectivity index (χ0n) is 14.6. The van der Waals surface area contributed by atoms with Gasteiger partial charge in [-0.3, -0.25) is 4.79 Å². The maximum atomic E-state index is 13.3. The molecule has 0 aliphatic heterocycles. The lowest BCUT2D eigenvalue weighted by atomic mass is 10.0. The van der Waals surface area contributed by atoms with Crippen LogP contribution < -0.4 is 5.32 Å². The van der Waals surface area contributed by atoms with Crippen LogP contribution in [0.1, 0.15) is 15.9 Å². The van der Waals surface area contributed by atoms with Gasteiger partial charge in [0.25, 0.3) is 5.91 Å². The third kappa shape index (κ3) is 3.39. The smallest absolute Gasteiger partial charge is 0.258 e. The molecule has 0 fully saturated rings. The van der Waals surface area contributed by atoms with Crippen molar-refractivity contribution in [3.05, 3.63) is 88.9 Å². The first-order valence-electron chi connectivity index (χ1n) is 8.52. The van der Waals surface area contributed by atoms with E-state index in [4.69, 9.17) is 11.6 Å². The molecule has 0 saturated heterocycles. The van der Waals surface area contributed by atoms with E-state index in [1.165, 1.54) is 0 Å². The zero-order valence-corrected chi connectivity index (χ0v) is 15.4. The average molecular weight is 374 g/mol. The second-order valence-electron chi connectivity index (χ2n) is 6.22. The van der Waals surface area contributed by atoms with Crippen LogP contribution in [0.4, 0.5) is 5.69 Å². The SMILES string of the molecule is Cc1ccc(Cl)cc1NC(=O)c1c(-c2ccccc2)nnc2ccccc12.